The van der Waals surface area contributed by atoms with E-state index in [1.807, 2.05) is 6.92 Å². The van der Waals surface area contributed by atoms with Crippen molar-refractivity contribution < 1.29 is 4.74 Å². The Hall–Kier alpha value is -0.870. The van der Waals surface area contributed by atoms with Crippen molar-refractivity contribution in [1.29, 1.82) is 0 Å². The minimum atomic E-state index is 0.0510. The van der Waals surface area contributed by atoms with E-state index < -0.39 is 0 Å². The Kier molecular flexibility index (Phi) is 3.61. The summed E-state index contributed by atoms with van der Waals surface area (Å²) >= 11 is 0. The predicted octanol–water partition coefficient (Wildman–Crippen LogP) is 1.82. The van der Waals surface area contributed by atoms with E-state index in [2.05, 4.69) is 22.8 Å². The van der Waals surface area contributed by atoms with Crippen LogP contribution in [0.25, 0.3) is 0 Å². The summed E-state index contributed by atoms with van der Waals surface area (Å²) in [6, 6.07) is 2.20. The van der Waals surface area contributed by atoms with Crippen LogP contribution in [-0.4, -0.2) is 23.0 Å². The highest BCUT2D eigenvalue weighted by atomic mass is 16.5. The molecular weight excluding hydrogens is 202 g/mol. The Morgan fingerprint density at radius 3 is 3.06 bits per heavy atom. The molecule has 0 bridgehead atoms. The summed E-state index contributed by atoms with van der Waals surface area (Å²) in [7, 11) is 0. The number of hydrogen-bond donors (Lipinski definition) is 1. The van der Waals surface area contributed by atoms with E-state index in [1.54, 1.807) is 0 Å². The van der Waals surface area contributed by atoms with Crippen LogP contribution < -0.4 is 5.73 Å². The molecule has 2 atom stereocenters. The zero-order valence-electron chi connectivity index (χ0n) is 10.1. The topological polar surface area (TPSA) is 53.1 Å². The zero-order chi connectivity index (χ0) is 11.5. The minimum absolute atomic E-state index is 0.0510. The first-order valence-corrected chi connectivity index (χ1v) is 6.13. The number of hydrogen-bond acceptors (Lipinski definition) is 3. The maximum atomic E-state index is 5.96. The number of nitrogens with zero attached hydrogens (tertiary/aromatic N) is 2. The third-order valence-electron chi connectivity index (χ3n) is 3.08. The van der Waals surface area contributed by atoms with Crippen LogP contribution >= 0.6 is 0 Å². The summed E-state index contributed by atoms with van der Waals surface area (Å²) in [6.45, 7) is 6.79. The molecule has 16 heavy (non-hydrogen) atoms. The first-order chi connectivity index (χ1) is 7.72. The fraction of sp³-hybridized carbons (Fsp3) is 0.750. The maximum Gasteiger partial charge on any atom is 0.0682 e. The van der Waals surface area contributed by atoms with Crippen LogP contribution in [0.2, 0.25) is 0 Å². The molecule has 1 saturated heterocycles. The van der Waals surface area contributed by atoms with Crippen molar-refractivity contribution in [1.82, 2.24) is 9.78 Å². The third kappa shape index (κ3) is 2.28. The molecule has 2 N–H and O–H groups in total. The molecule has 1 aromatic heterocycles. The largest absolute Gasteiger partial charge is 0.381 e. The highest BCUT2D eigenvalue weighted by Crippen LogP contribution is 2.26. The highest BCUT2D eigenvalue weighted by Gasteiger charge is 2.22. The van der Waals surface area contributed by atoms with E-state index in [4.69, 9.17) is 10.5 Å². The van der Waals surface area contributed by atoms with E-state index in [-0.39, 0.29) is 6.04 Å². The van der Waals surface area contributed by atoms with Gasteiger partial charge in [0, 0.05) is 25.1 Å². The van der Waals surface area contributed by atoms with Gasteiger partial charge in [0.15, 0.2) is 0 Å². The van der Waals surface area contributed by atoms with E-state index in [0.29, 0.717) is 5.92 Å². The minimum Gasteiger partial charge on any atom is -0.381 e. The van der Waals surface area contributed by atoms with Gasteiger partial charge in [0.1, 0.15) is 0 Å². The van der Waals surface area contributed by atoms with Crippen molar-refractivity contribution in [3.05, 3.63) is 17.5 Å². The van der Waals surface area contributed by atoms with Crippen molar-refractivity contribution in [2.24, 2.45) is 5.73 Å². The second-order valence-electron chi connectivity index (χ2n) is 4.57. The monoisotopic (exact) mass is 223 g/mol. The Bertz CT molecular complexity index is 340. The molecule has 0 spiro atoms. The first-order valence-electron chi connectivity index (χ1n) is 6.13. The van der Waals surface area contributed by atoms with E-state index in [1.165, 1.54) is 0 Å². The Morgan fingerprint density at radius 1 is 1.69 bits per heavy atom. The molecule has 0 amide bonds. The average Bonchev–Trinajstić information content (AvgIpc) is 2.83. The maximum absolute atomic E-state index is 5.96. The van der Waals surface area contributed by atoms with Gasteiger partial charge >= 0.3 is 0 Å². The van der Waals surface area contributed by atoms with Gasteiger partial charge in [-0.3, -0.25) is 4.68 Å². The molecule has 0 aliphatic carbocycles. The van der Waals surface area contributed by atoms with Crippen LogP contribution in [0.15, 0.2) is 6.07 Å². The highest BCUT2D eigenvalue weighted by molar-refractivity contribution is 5.18. The molecule has 1 aliphatic heterocycles. The summed E-state index contributed by atoms with van der Waals surface area (Å²) in [5, 5.41) is 4.66. The van der Waals surface area contributed by atoms with Gasteiger partial charge in [-0.25, -0.2) is 0 Å². The summed E-state index contributed by atoms with van der Waals surface area (Å²) in [5.74, 6) is 0.468. The summed E-state index contributed by atoms with van der Waals surface area (Å²) in [5.41, 5.74) is 8.26. The standard InChI is InChI=1S/C12H21N3O/c1-3-5-15-12(9(2)13)7-11(14-15)10-4-6-16-8-10/h7,9-10H,3-6,8,13H2,1-2H3/t9-,10?/m1/s1. The number of nitrogens with two attached hydrogens (primary N) is 1. The molecule has 4 nitrogen and oxygen atoms in total. The molecule has 1 aromatic rings. The average molecular weight is 223 g/mol. The van der Waals surface area contributed by atoms with Crippen molar-refractivity contribution in [3.63, 3.8) is 0 Å². The lowest BCUT2D eigenvalue weighted by atomic mass is 10.0. The van der Waals surface area contributed by atoms with Crippen LogP contribution in [0, 0.1) is 0 Å². The van der Waals surface area contributed by atoms with Crippen LogP contribution in [0.5, 0.6) is 0 Å². The summed E-state index contributed by atoms with van der Waals surface area (Å²) < 4.78 is 7.45. The molecule has 1 aliphatic rings. The Morgan fingerprint density at radius 2 is 2.50 bits per heavy atom. The SMILES string of the molecule is CCCn1nc(C2CCOC2)cc1[C@@H](C)N. The fourth-order valence-corrected chi connectivity index (χ4v) is 2.18. The summed E-state index contributed by atoms with van der Waals surface area (Å²) in [4.78, 5) is 0. The molecule has 0 aromatic carbocycles. The van der Waals surface area contributed by atoms with Gasteiger partial charge in [0.25, 0.3) is 0 Å². The van der Waals surface area contributed by atoms with Crippen LogP contribution in [0.4, 0.5) is 0 Å². The lowest BCUT2D eigenvalue weighted by molar-refractivity contribution is 0.193. The second-order valence-corrected chi connectivity index (χ2v) is 4.57. The van der Waals surface area contributed by atoms with Crippen molar-refractivity contribution in [3.8, 4) is 0 Å². The molecule has 2 heterocycles. The zero-order valence-corrected chi connectivity index (χ0v) is 10.1. The quantitative estimate of drug-likeness (QED) is 0.847. The van der Waals surface area contributed by atoms with Gasteiger partial charge in [-0.2, -0.15) is 5.10 Å². The van der Waals surface area contributed by atoms with Gasteiger partial charge in [-0.05, 0) is 25.8 Å². The smallest absolute Gasteiger partial charge is 0.0682 e. The number of aryl methyl sites for hydroxylation is 1. The van der Waals surface area contributed by atoms with Crippen molar-refractivity contribution in [2.75, 3.05) is 13.2 Å². The molecular formula is C12H21N3O. The molecule has 0 saturated carbocycles. The second kappa shape index (κ2) is 4.97. The Balaban J connectivity index is 2.22. The van der Waals surface area contributed by atoms with Gasteiger partial charge in [-0.15, -0.1) is 0 Å². The number of rotatable bonds is 4. The molecule has 1 unspecified atom stereocenters. The van der Waals surface area contributed by atoms with E-state index in [0.717, 1.165) is 44.0 Å². The fourth-order valence-electron chi connectivity index (χ4n) is 2.18. The molecule has 0 radical (unpaired) electrons. The van der Waals surface area contributed by atoms with Crippen LogP contribution in [0.1, 0.15) is 50.0 Å². The third-order valence-corrected chi connectivity index (χ3v) is 3.08. The van der Waals surface area contributed by atoms with Crippen molar-refractivity contribution in [2.45, 2.75) is 45.2 Å². The van der Waals surface area contributed by atoms with E-state index in [9.17, 15) is 0 Å². The Labute approximate surface area is 96.8 Å². The molecule has 90 valence electrons. The summed E-state index contributed by atoms with van der Waals surface area (Å²) in [6.07, 6.45) is 2.17. The van der Waals surface area contributed by atoms with Gasteiger partial charge < -0.3 is 10.5 Å². The molecule has 2 rings (SSSR count). The molecule has 4 heteroatoms. The number of aromatic nitrogens is 2. The van der Waals surface area contributed by atoms with Gasteiger partial charge in [0.2, 0.25) is 0 Å². The number of ether oxygens (including phenoxy) is 1. The van der Waals surface area contributed by atoms with Crippen LogP contribution in [-0.2, 0) is 11.3 Å². The van der Waals surface area contributed by atoms with Crippen LogP contribution in [0.3, 0.4) is 0 Å². The first kappa shape index (κ1) is 11.6. The lowest BCUT2D eigenvalue weighted by Crippen LogP contribution is -2.13. The normalized spacial score (nSPS) is 22.6. The van der Waals surface area contributed by atoms with Crippen molar-refractivity contribution >= 4 is 0 Å². The van der Waals surface area contributed by atoms with Gasteiger partial charge in [-0.1, -0.05) is 6.92 Å². The lowest BCUT2D eigenvalue weighted by Gasteiger charge is -2.08. The predicted molar refractivity (Wildman–Crippen MR) is 63.3 cm³/mol. The van der Waals surface area contributed by atoms with Gasteiger partial charge in [0.05, 0.1) is 18.0 Å². The molecule has 1 fully saturated rings. The van der Waals surface area contributed by atoms with E-state index >= 15 is 0 Å².